The lowest BCUT2D eigenvalue weighted by molar-refractivity contribution is -0.269. The molecule has 0 aromatic carbocycles. The number of rotatable bonds is 5. The molecule has 68 valence electrons. The topological polar surface area (TPSA) is 9.23 Å². The Kier molecular flexibility index (Phi) is 4.49. The van der Waals surface area contributed by atoms with E-state index in [0.29, 0.717) is 6.42 Å². The lowest BCUT2D eigenvalue weighted by atomic mass is 10.2. The molecule has 0 spiro atoms. The SMILES string of the molecule is CCCOC(F)(F)C(C)CF. The molecule has 0 N–H and O–H groups in total. The molecule has 11 heavy (non-hydrogen) atoms. The van der Waals surface area contributed by atoms with Crippen LogP contribution in [0.15, 0.2) is 0 Å². The smallest absolute Gasteiger partial charge is 0.320 e. The van der Waals surface area contributed by atoms with Crippen molar-refractivity contribution in [2.24, 2.45) is 5.92 Å². The van der Waals surface area contributed by atoms with E-state index in [-0.39, 0.29) is 6.61 Å². The van der Waals surface area contributed by atoms with E-state index < -0.39 is 18.7 Å². The minimum atomic E-state index is -3.31. The van der Waals surface area contributed by atoms with Crippen molar-refractivity contribution >= 4 is 0 Å². The first-order valence-corrected chi connectivity index (χ1v) is 3.62. The highest BCUT2D eigenvalue weighted by atomic mass is 19.3. The second-order valence-corrected chi connectivity index (χ2v) is 2.47. The van der Waals surface area contributed by atoms with Gasteiger partial charge >= 0.3 is 6.11 Å². The number of halogens is 3. The van der Waals surface area contributed by atoms with Gasteiger partial charge in [0.25, 0.3) is 0 Å². The van der Waals surface area contributed by atoms with Gasteiger partial charge < -0.3 is 4.74 Å². The third-order valence-electron chi connectivity index (χ3n) is 1.30. The van der Waals surface area contributed by atoms with Gasteiger partial charge in [0.15, 0.2) is 0 Å². The lowest BCUT2D eigenvalue weighted by Gasteiger charge is -2.20. The van der Waals surface area contributed by atoms with Crippen molar-refractivity contribution in [2.45, 2.75) is 26.4 Å². The zero-order chi connectivity index (χ0) is 8.91. The fraction of sp³-hybridized carbons (Fsp3) is 1.00. The van der Waals surface area contributed by atoms with Gasteiger partial charge in [-0.15, -0.1) is 0 Å². The van der Waals surface area contributed by atoms with Crippen LogP contribution in [0.4, 0.5) is 13.2 Å². The monoisotopic (exact) mass is 170 g/mol. The van der Waals surface area contributed by atoms with Crippen LogP contribution in [0.25, 0.3) is 0 Å². The molecule has 0 bridgehead atoms. The summed E-state index contributed by atoms with van der Waals surface area (Å²) in [6.45, 7) is 1.75. The fourth-order valence-electron chi connectivity index (χ4n) is 0.470. The molecule has 4 heteroatoms. The van der Waals surface area contributed by atoms with Gasteiger partial charge in [0.1, 0.15) is 6.67 Å². The van der Waals surface area contributed by atoms with Crippen LogP contribution >= 0.6 is 0 Å². The van der Waals surface area contributed by atoms with Gasteiger partial charge in [0, 0.05) is 0 Å². The van der Waals surface area contributed by atoms with Crippen LogP contribution in [0.5, 0.6) is 0 Å². The van der Waals surface area contributed by atoms with Crippen molar-refractivity contribution in [1.82, 2.24) is 0 Å². The van der Waals surface area contributed by atoms with Crippen molar-refractivity contribution in [1.29, 1.82) is 0 Å². The Morgan fingerprint density at radius 3 is 2.36 bits per heavy atom. The molecule has 0 aliphatic heterocycles. The molecule has 0 saturated carbocycles. The molecule has 0 heterocycles. The van der Waals surface area contributed by atoms with Crippen molar-refractivity contribution in [3.8, 4) is 0 Å². The van der Waals surface area contributed by atoms with E-state index in [0.717, 1.165) is 6.92 Å². The molecule has 0 rings (SSSR count). The average molecular weight is 170 g/mol. The first-order valence-electron chi connectivity index (χ1n) is 3.62. The summed E-state index contributed by atoms with van der Waals surface area (Å²) in [5.74, 6) is -1.35. The number of alkyl halides is 3. The molecule has 0 aliphatic carbocycles. The molecule has 0 radical (unpaired) electrons. The zero-order valence-electron chi connectivity index (χ0n) is 6.74. The van der Waals surface area contributed by atoms with Gasteiger partial charge in [-0.25, -0.2) is 0 Å². The third-order valence-corrected chi connectivity index (χ3v) is 1.30. The molecule has 1 unspecified atom stereocenters. The first-order chi connectivity index (χ1) is 5.04. The van der Waals surface area contributed by atoms with Crippen LogP contribution in [0, 0.1) is 5.92 Å². The maximum Gasteiger partial charge on any atom is 0.360 e. The molecule has 0 aromatic heterocycles. The molecule has 0 aliphatic rings. The Bertz CT molecular complexity index is 106. The average Bonchev–Trinajstić information content (AvgIpc) is 1.99. The largest absolute Gasteiger partial charge is 0.360 e. The van der Waals surface area contributed by atoms with Crippen molar-refractivity contribution < 1.29 is 17.9 Å². The summed E-state index contributed by atoms with van der Waals surface area (Å²) in [5, 5.41) is 0. The van der Waals surface area contributed by atoms with Gasteiger partial charge in [-0.2, -0.15) is 8.78 Å². The zero-order valence-corrected chi connectivity index (χ0v) is 6.74. The van der Waals surface area contributed by atoms with Crippen LogP contribution in [0.3, 0.4) is 0 Å². The predicted octanol–water partition coefficient (Wildman–Crippen LogP) is 2.61. The Morgan fingerprint density at radius 1 is 1.45 bits per heavy atom. The van der Waals surface area contributed by atoms with Crippen LogP contribution in [0.1, 0.15) is 20.3 Å². The second kappa shape index (κ2) is 4.59. The van der Waals surface area contributed by atoms with Crippen molar-refractivity contribution in [3.05, 3.63) is 0 Å². The minimum Gasteiger partial charge on any atom is -0.320 e. The van der Waals surface area contributed by atoms with E-state index in [2.05, 4.69) is 4.74 Å². The molecule has 0 aromatic rings. The third kappa shape index (κ3) is 3.60. The first kappa shape index (κ1) is 10.8. The Labute approximate surface area is 64.5 Å². The van der Waals surface area contributed by atoms with E-state index >= 15 is 0 Å². The summed E-state index contributed by atoms with van der Waals surface area (Å²) in [5.41, 5.74) is 0. The Morgan fingerprint density at radius 2 is 2.00 bits per heavy atom. The Hall–Kier alpha value is -0.250. The van der Waals surface area contributed by atoms with E-state index in [4.69, 9.17) is 0 Å². The van der Waals surface area contributed by atoms with E-state index in [1.165, 1.54) is 0 Å². The quantitative estimate of drug-likeness (QED) is 0.616. The molecule has 0 fully saturated rings. The van der Waals surface area contributed by atoms with Crippen LogP contribution < -0.4 is 0 Å². The second-order valence-electron chi connectivity index (χ2n) is 2.47. The summed E-state index contributed by atoms with van der Waals surface area (Å²) in [6.07, 6.45) is -2.81. The van der Waals surface area contributed by atoms with Gasteiger partial charge in [0.2, 0.25) is 0 Å². The highest BCUT2D eigenvalue weighted by molar-refractivity contribution is 4.61. The normalized spacial score (nSPS) is 15.0. The van der Waals surface area contributed by atoms with Gasteiger partial charge in [-0.1, -0.05) is 13.8 Å². The summed E-state index contributed by atoms with van der Waals surface area (Å²) >= 11 is 0. The molecule has 0 amide bonds. The van der Waals surface area contributed by atoms with Crippen molar-refractivity contribution in [2.75, 3.05) is 13.3 Å². The van der Waals surface area contributed by atoms with E-state index in [1.54, 1.807) is 6.92 Å². The Balaban J connectivity index is 3.77. The standard InChI is InChI=1S/C7H13F3O/c1-3-4-11-7(9,10)6(2)5-8/h6H,3-5H2,1-2H3. The molecular weight excluding hydrogens is 157 g/mol. The highest BCUT2D eigenvalue weighted by Gasteiger charge is 2.37. The molecule has 1 nitrogen and oxygen atoms in total. The number of ether oxygens (including phenoxy) is 1. The maximum absolute atomic E-state index is 12.5. The number of hydrogen-bond donors (Lipinski definition) is 0. The molecule has 0 saturated heterocycles. The summed E-state index contributed by atoms with van der Waals surface area (Å²) < 4.78 is 41.0. The summed E-state index contributed by atoms with van der Waals surface area (Å²) in [4.78, 5) is 0. The fourth-order valence-corrected chi connectivity index (χ4v) is 0.470. The van der Waals surface area contributed by atoms with E-state index in [1.807, 2.05) is 0 Å². The van der Waals surface area contributed by atoms with Crippen LogP contribution in [0.2, 0.25) is 0 Å². The summed E-state index contributed by atoms with van der Waals surface area (Å²) in [6, 6.07) is 0. The van der Waals surface area contributed by atoms with Gasteiger partial charge in [-0.3, -0.25) is 4.39 Å². The van der Waals surface area contributed by atoms with E-state index in [9.17, 15) is 13.2 Å². The van der Waals surface area contributed by atoms with Gasteiger partial charge in [0.05, 0.1) is 12.5 Å². The maximum atomic E-state index is 12.5. The molecular formula is C7H13F3O. The van der Waals surface area contributed by atoms with Crippen LogP contribution in [-0.2, 0) is 4.74 Å². The lowest BCUT2D eigenvalue weighted by Crippen LogP contribution is -2.31. The van der Waals surface area contributed by atoms with Gasteiger partial charge in [-0.05, 0) is 6.42 Å². The molecule has 1 atom stereocenters. The highest BCUT2D eigenvalue weighted by Crippen LogP contribution is 2.26. The minimum absolute atomic E-state index is 0.0304. The predicted molar refractivity (Wildman–Crippen MR) is 36.3 cm³/mol. The van der Waals surface area contributed by atoms with Crippen LogP contribution in [-0.4, -0.2) is 19.4 Å². The van der Waals surface area contributed by atoms with Crippen molar-refractivity contribution in [3.63, 3.8) is 0 Å². The summed E-state index contributed by atoms with van der Waals surface area (Å²) in [7, 11) is 0. The number of hydrogen-bond acceptors (Lipinski definition) is 1.